The molecule has 1 amide bonds. The van der Waals surface area contributed by atoms with Crippen molar-refractivity contribution in [2.75, 3.05) is 27.9 Å². The Morgan fingerprint density at radius 3 is 2.50 bits per heavy atom. The van der Waals surface area contributed by atoms with E-state index in [0.717, 1.165) is 44.6 Å². The van der Waals surface area contributed by atoms with E-state index in [-0.39, 0.29) is 11.9 Å². The van der Waals surface area contributed by atoms with Gasteiger partial charge in [0.1, 0.15) is 11.4 Å². The Labute approximate surface area is 220 Å². The van der Waals surface area contributed by atoms with Crippen LogP contribution < -0.4 is 14.2 Å². The second kappa shape index (κ2) is 9.63. The quantitative estimate of drug-likeness (QED) is 0.294. The number of methoxy groups -OCH3 is 3. The van der Waals surface area contributed by atoms with E-state index in [1.807, 2.05) is 77.8 Å². The molecule has 2 N–H and O–H groups in total. The molecule has 1 unspecified atom stereocenters. The first-order valence-corrected chi connectivity index (χ1v) is 12.4. The van der Waals surface area contributed by atoms with Gasteiger partial charge < -0.3 is 24.1 Å². The van der Waals surface area contributed by atoms with Gasteiger partial charge in [-0.25, -0.2) is 0 Å². The molecule has 0 spiro atoms. The van der Waals surface area contributed by atoms with Crippen LogP contribution in [0.1, 0.15) is 33.2 Å². The maximum absolute atomic E-state index is 13.8. The van der Waals surface area contributed by atoms with Crippen LogP contribution in [0.5, 0.6) is 17.2 Å². The van der Waals surface area contributed by atoms with Gasteiger partial charge in [-0.1, -0.05) is 36.4 Å². The van der Waals surface area contributed by atoms with Gasteiger partial charge >= 0.3 is 0 Å². The van der Waals surface area contributed by atoms with Crippen LogP contribution >= 0.6 is 0 Å². The van der Waals surface area contributed by atoms with Gasteiger partial charge in [0.15, 0.2) is 11.5 Å². The molecular weight excluding hydrogens is 480 g/mol. The highest BCUT2D eigenvalue weighted by molar-refractivity contribution is 6.00. The number of carbonyl (C=O) groups is 1. The van der Waals surface area contributed by atoms with Crippen molar-refractivity contribution >= 4 is 16.8 Å². The number of ether oxygens (including phenoxy) is 3. The number of fused-ring (bicyclic) bond motifs is 2. The van der Waals surface area contributed by atoms with Crippen LogP contribution in [-0.2, 0) is 6.42 Å². The molecule has 1 aliphatic rings. The summed E-state index contributed by atoms with van der Waals surface area (Å²) in [5.74, 6) is 1.97. The third-order valence-corrected chi connectivity index (χ3v) is 7.23. The molecule has 3 aromatic carbocycles. The summed E-state index contributed by atoms with van der Waals surface area (Å²) in [6, 6.07) is 21.4. The summed E-state index contributed by atoms with van der Waals surface area (Å²) >= 11 is 0. The summed E-state index contributed by atoms with van der Waals surface area (Å²) in [4.78, 5) is 19.0. The summed E-state index contributed by atoms with van der Waals surface area (Å²) in [5.41, 5.74) is 6.19. The molecule has 2 aromatic heterocycles. The summed E-state index contributed by atoms with van der Waals surface area (Å²) in [6.45, 7) is 0.513. The van der Waals surface area contributed by atoms with Gasteiger partial charge in [-0.15, -0.1) is 0 Å². The first-order chi connectivity index (χ1) is 18.6. The molecule has 1 aliphatic heterocycles. The fraction of sp³-hybridized carbons (Fsp3) is 0.200. The molecule has 0 saturated carbocycles. The van der Waals surface area contributed by atoms with E-state index in [4.69, 9.17) is 14.2 Å². The van der Waals surface area contributed by atoms with Gasteiger partial charge in [0.05, 0.1) is 33.1 Å². The minimum atomic E-state index is -0.342. The number of amides is 1. The topological polar surface area (TPSA) is 92.5 Å². The molecule has 5 aromatic rings. The highest BCUT2D eigenvalue weighted by Crippen LogP contribution is 2.44. The predicted molar refractivity (Wildman–Crippen MR) is 145 cm³/mol. The molecule has 6 rings (SSSR count). The minimum absolute atomic E-state index is 0.0770. The van der Waals surface area contributed by atoms with Crippen LogP contribution in [0.25, 0.3) is 22.2 Å². The average molecular weight is 509 g/mol. The fourth-order valence-corrected chi connectivity index (χ4v) is 5.35. The molecule has 8 nitrogen and oxygen atoms in total. The molecular formula is C30H28N4O4. The van der Waals surface area contributed by atoms with Crippen molar-refractivity contribution < 1.29 is 19.0 Å². The first kappa shape index (κ1) is 23.7. The highest BCUT2D eigenvalue weighted by atomic mass is 16.5. The Bertz CT molecular complexity index is 1620. The summed E-state index contributed by atoms with van der Waals surface area (Å²) < 4.78 is 16.5. The summed E-state index contributed by atoms with van der Waals surface area (Å²) in [5, 5.41) is 8.69. The SMILES string of the molecule is COc1ccc2[nH]cc(CCN3C(=O)c4[nH]nc(-c5ccccc5)c4C3c3ccc(OC)c(OC)c3)c2c1. The lowest BCUT2D eigenvalue weighted by molar-refractivity contribution is 0.0746. The van der Waals surface area contributed by atoms with Gasteiger partial charge in [-0.3, -0.25) is 9.89 Å². The molecule has 1 atom stereocenters. The van der Waals surface area contributed by atoms with E-state index in [9.17, 15) is 4.79 Å². The lowest BCUT2D eigenvalue weighted by Gasteiger charge is -2.27. The summed E-state index contributed by atoms with van der Waals surface area (Å²) in [6.07, 6.45) is 2.67. The van der Waals surface area contributed by atoms with Gasteiger partial charge in [0.2, 0.25) is 0 Å². The number of hydrogen-bond acceptors (Lipinski definition) is 5. The Morgan fingerprint density at radius 2 is 1.74 bits per heavy atom. The zero-order chi connectivity index (χ0) is 26.2. The van der Waals surface area contributed by atoms with E-state index in [2.05, 4.69) is 15.2 Å². The Balaban J connectivity index is 1.42. The zero-order valence-corrected chi connectivity index (χ0v) is 21.4. The standard InChI is InChI=1S/C30H28N4O4/c1-36-21-10-11-23-22(16-21)20(17-31-23)13-14-34-29(19-9-12-24(37-2)25(15-19)38-3)26-27(18-7-5-4-6-8-18)32-33-28(26)30(34)35/h4-12,15-17,29,31H,13-14H2,1-3H3,(H,32,33). The largest absolute Gasteiger partial charge is 0.497 e. The molecule has 0 aliphatic carbocycles. The van der Waals surface area contributed by atoms with Gasteiger partial charge in [0.25, 0.3) is 5.91 Å². The smallest absolute Gasteiger partial charge is 0.273 e. The third-order valence-electron chi connectivity index (χ3n) is 7.23. The second-order valence-electron chi connectivity index (χ2n) is 9.22. The number of nitrogens with zero attached hydrogens (tertiary/aromatic N) is 2. The van der Waals surface area contributed by atoms with Crippen molar-refractivity contribution in [1.82, 2.24) is 20.1 Å². The predicted octanol–water partition coefficient (Wildman–Crippen LogP) is 5.37. The van der Waals surface area contributed by atoms with E-state index >= 15 is 0 Å². The maximum atomic E-state index is 13.8. The zero-order valence-electron chi connectivity index (χ0n) is 21.4. The Kier molecular flexibility index (Phi) is 5.99. The van der Waals surface area contributed by atoms with Crippen LogP contribution in [0.3, 0.4) is 0 Å². The van der Waals surface area contributed by atoms with Crippen molar-refractivity contribution in [3.63, 3.8) is 0 Å². The molecule has 0 saturated heterocycles. The van der Waals surface area contributed by atoms with Crippen molar-refractivity contribution in [2.45, 2.75) is 12.5 Å². The fourth-order valence-electron chi connectivity index (χ4n) is 5.35. The third kappa shape index (κ3) is 3.85. The van der Waals surface area contributed by atoms with Crippen molar-refractivity contribution in [3.05, 3.63) is 95.3 Å². The number of H-pyrrole nitrogens is 2. The van der Waals surface area contributed by atoms with E-state index < -0.39 is 0 Å². The minimum Gasteiger partial charge on any atom is -0.497 e. The number of hydrogen-bond donors (Lipinski definition) is 2. The van der Waals surface area contributed by atoms with E-state index in [0.29, 0.717) is 30.2 Å². The van der Waals surface area contributed by atoms with Gasteiger partial charge in [-0.05, 0) is 47.9 Å². The van der Waals surface area contributed by atoms with Crippen LogP contribution in [0.15, 0.2) is 72.9 Å². The lowest BCUT2D eigenvalue weighted by atomic mass is 9.95. The number of aromatic nitrogens is 3. The van der Waals surface area contributed by atoms with E-state index in [1.54, 1.807) is 21.3 Å². The van der Waals surface area contributed by atoms with Crippen LogP contribution in [-0.4, -0.2) is 53.9 Å². The molecule has 192 valence electrons. The van der Waals surface area contributed by atoms with Crippen molar-refractivity contribution in [2.24, 2.45) is 0 Å². The molecule has 0 fully saturated rings. The number of nitrogens with one attached hydrogen (secondary N) is 2. The van der Waals surface area contributed by atoms with Crippen molar-refractivity contribution in [3.8, 4) is 28.5 Å². The molecule has 0 bridgehead atoms. The van der Waals surface area contributed by atoms with E-state index in [1.165, 1.54) is 0 Å². The average Bonchev–Trinajstić information content (AvgIpc) is 3.65. The number of carbonyl (C=O) groups excluding carboxylic acids is 1. The molecule has 3 heterocycles. The normalized spacial score (nSPS) is 14.7. The number of benzene rings is 3. The van der Waals surface area contributed by atoms with Crippen LogP contribution in [0.4, 0.5) is 0 Å². The maximum Gasteiger partial charge on any atom is 0.273 e. The highest BCUT2D eigenvalue weighted by Gasteiger charge is 2.42. The Hall–Kier alpha value is -4.72. The lowest BCUT2D eigenvalue weighted by Crippen LogP contribution is -2.31. The van der Waals surface area contributed by atoms with Gasteiger partial charge in [0, 0.05) is 34.8 Å². The molecule has 8 heteroatoms. The first-order valence-electron chi connectivity index (χ1n) is 12.4. The molecule has 0 radical (unpaired) electrons. The number of rotatable bonds is 8. The molecule has 38 heavy (non-hydrogen) atoms. The van der Waals surface area contributed by atoms with Crippen LogP contribution in [0, 0.1) is 0 Å². The number of aromatic amines is 2. The van der Waals surface area contributed by atoms with Gasteiger partial charge in [-0.2, -0.15) is 5.10 Å². The second-order valence-corrected chi connectivity index (χ2v) is 9.22. The monoisotopic (exact) mass is 508 g/mol. The van der Waals surface area contributed by atoms with Crippen LogP contribution in [0.2, 0.25) is 0 Å². The summed E-state index contributed by atoms with van der Waals surface area (Å²) in [7, 11) is 4.89. The van der Waals surface area contributed by atoms with Crippen molar-refractivity contribution in [1.29, 1.82) is 0 Å². The Morgan fingerprint density at radius 1 is 0.921 bits per heavy atom.